The number of hydrogen-bond donors (Lipinski definition) is 2. The Bertz CT molecular complexity index is 812. The van der Waals surface area contributed by atoms with Crippen molar-refractivity contribution >= 4 is 41.3 Å². The molecule has 26 heavy (non-hydrogen) atoms. The molecule has 0 fully saturated rings. The number of aliphatic imine (C=N–C) groups is 1. The molecule has 2 N–H and O–H groups in total. The lowest BCUT2D eigenvalue weighted by Crippen LogP contribution is -2.37. The van der Waals surface area contributed by atoms with Crippen LogP contribution in [0.15, 0.2) is 48.1 Å². The molecule has 0 amide bonds. The molecule has 7 nitrogen and oxygen atoms in total. The van der Waals surface area contributed by atoms with E-state index in [0.717, 1.165) is 29.6 Å². The van der Waals surface area contributed by atoms with E-state index in [1.54, 1.807) is 29.4 Å². The predicted octanol–water partition coefficient (Wildman–Crippen LogP) is 2.56. The van der Waals surface area contributed by atoms with E-state index >= 15 is 0 Å². The fraction of sp³-hybridized carbons (Fsp3) is 0.294. The molecule has 2 heterocycles. The first-order chi connectivity index (χ1) is 12.2. The van der Waals surface area contributed by atoms with Crippen LogP contribution in [0.5, 0.6) is 0 Å². The number of halogens is 1. The lowest BCUT2D eigenvalue weighted by Gasteiger charge is -2.11. The van der Waals surface area contributed by atoms with Gasteiger partial charge in [0.05, 0.1) is 10.7 Å². The van der Waals surface area contributed by atoms with E-state index in [9.17, 15) is 0 Å². The smallest absolute Gasteiger partial charge is 0.191 e. The van der Waals surface area contributed by atoms with Crippen molar-refractivity contribution in [3.63, 3.8) is 0 Å². The van der Waals surface area contributed by atoms with Gasteiger partial charge in [-0.25, -0.2) is 14.6 Å². The minimum Gasteiger partial charge on any atom is -0.356 e. The largest absolute Gasteiger partial charge is 0.356 e. The zero-order valence-corrected chi connectivity index (χ0v) is 17.9. The lowest BCUT2D eigenvalue weighted by atomic mass is 10.2. The number of thiazole rings is 1. The van der Waals surface area contributed by atoms with Crippen LogP contribution in [-0.4, -0.2) is 39.3 Å². The highest BCUT2D eigenvalue weighted by molar-refractivity contribution is 14.0. The summed E-state index contributed by atoms with van der Waals surface area (Å²) in [5.74, 6) is 0.786. The quantitative estimate of drug-likeness (QED) is 0.320. The highest BCUT2D eigenvalue weighted by Crippen LogP contribution is 2.11. The molecular formula is C17H22IN7S. The average Bonchev–Trinajstić information content (AvgIpc) is 3.30. The molecule has 9 heteroatoms. The van der Waals surface area contributed by atoms with Crippen LogP contribution in [0.1, 0.15) is 15.4 Å². The van der Waals surface area contributed by atoms with Gasteiger partial charge in [-0.3, -0.25) is 4.99 Å². The molecule has 0 unspecified atom stereocenters. The Balaban J connectivity index is 0.00000243. The maximum atomic E-state index is 4.37. The minimum atomic E-state index is 0. The van der Waals surface area contributed by atoms with Gasteiger partial charge in [-0.2, -0.15) is 5.10 Å². The minimum absolute atomic E-state index is 0. The molecule has 2 aromatic heterocycles. The van der Waals surface area contributed by atoms with Crippen molar-refractivity contribution in [3.05, 3.63) is 58.6 Å². The number of aryl methyl sites for hydroxylation is 1. The van der Waals surface area contributed by atoms with Crippen LogP contribution in [0.2, 0.25) is 0 Å². The molecule has 0 aliphatic carbocycles. The second-order valence-corrected chi connectivity index (χ2v) is 6.79. The number of guanidine groups is 1. The fourth-order valence-corrected chi connectivity index (χ4v) is 3.11. The van der Waals surface area contributed by atoms with Crippen molar-refractivity contribution in [3.8, 4) is 5.69 Å². The van der Waals surface area contributed by atoms with Gasteiger partial charge in [0, 0.05) is 37.6 Å². The van der Waals surface area contributed by atoms with Crippen LogP contribution in [0, 0.1) is 6.92 Å². The van der Waals surface area contributed by atoms with E-state index < -0.39 is 0 Å². The van der Waals surface area contributed by atoms with Crippen molar-refractivity contribution in [1.82, 2.24) is 30.4 Å². The van der Waals surface area contributed by atoms with Crippen LogP contribution in [0.4, 0.5) is 0 Å². The molecule has 1 aromatic carbocycles. The normalized spacial score (nSPS) is 11.1. The van der Waals surface area contributed by atoms with Crippen LogP contribution < -0.4 is 10.6 Å². The Morgan fingerprint density at radius 1 is 1.23 bits per heavy atom. The van der Waals surface area contributed by atoms with Gasteiger partial charge < -0.3 is 10.6 Å². The van der Waals surface area contributed by atoms with Gasteiger partial charge in [0.2, 0.25) is 0 Å². The molecule has 0 atom stereocenters. The third-order valence-electron chi connectivity index (χ3n) is 3.60. The predicted molar refractivity (Wildman–Crippen MR) is 116 cm³/mol. The molecule has 0 radical (unpaired) electrons. The second kappa shape index (κ2) is 10.2. The van der Waals surface area contributed by atoms with Crippen molar-refractivity contribution in [2.75, 3.05) is 13.6 Å². The van der Waals surface area contributed by atoms with Crippen molar-refractivity contribution in [2.24, 2.45) is 4.99 Å². The zero-order chi connectivity index (χ0) is 17.5. The summed E-state index contributed by atoms with van der Waals surface area (Å²) in [6, 6.07) is 8.17. The van der Waals surface area contributed by atoms with Gasteiger partial charge in [-0.1, -0.05) is 12.1 Å². The van der Waals surface area contributed by atoms with Gasteiger partial charge in [0.25, 0.3) is 0 Å². The van der Waals surface area contributed by atoms with E-state index in [1.165, 1.54) is 16.8 Å². The van der Waals surface area contributed by atoms with E-state index in [2.05, 4.69) is 49.7 Å². The molecule has 0 saturated carbocycles. The van der Waals surface area contributed by atoms with E-state index in [-0.39, 0.29) is 24.0 Å². The number of aromatic nitrogens is 4. The van der Waals surface area contributed by atoms with Crippen molar-refractivity contribution < 1.29 is 0 Å². The standard InChI is InChI=1S/C17H21N7S.HI/c1-13-9-21-16(25-13)7-8-20-17(18-2)22-10-14-3-5-15(6-4-14)24-12-19-11-23-24;/h3-6,9,11-12H,7-8,10H2,1-2H3,(H2,18,20,22);1H. The molecule has 138 valence electrons. The number of hydrogen-bond acceptors (Lipinski definition) is 5. The summed E-state index contributed by atoms with van der Waals surface area (Å²) in [4.78, 5) is 13.8. The SMILES string of the molecule is CN=C(NCCc1ncc(C)s1)NCc1ccc(-n2cncn2)cc1.I. The van der Waals surface area contributed by atoms with Crippen LogP contribution >= 0.6 is 35.3 Å². The number of nitrogens with one attached hydrogen (secondary N) is 2. The van der Waals surface area contributed by atoms with Crippen LogP contribution in [0.25, 0.3) is 5.69 Å². The summed E-state index contributed by atoms with van der Waals surface area (Å²) in [5.41, 5.74) is 2.16. The monoisotopic (exact) mass is 483 g/mol. The van der Waals surface area contributed by atoms with Crippen LogP contribution in [0.3, 0.4) is 0 Å². The topological polar surface area (TPSA) is 80.0 Å². The summed E-state index contributed by atoms with van der Waals surface area (Å²) in [6.07, 6.45) is 6.02. The van der Waals surface area contributed by atoms with Crippen molar-refractivity contribution in [2.45, 2.75) is 19.9 Å². The highest BCUT2D eigenvalue weighted by atomic mass is 127. The molecule has 3 aromatic rings. The summed E-state index contributed by atoms with van der Waals surface area (Å²) < 4.78 is 1.73. The maximum Gasteiger partial charge on any atom is 0.191 e. The summed E-state index contributed by atoms with van der Waals surface area (Å²) in [5, 5.41) is 11.9. The zero-order valence-electron chi connectivity index (χ0n) is 14.7. The maximum absolute atomic E-state index is 4.37. The highest BCUT2D eigenvalue weighted by Gasteiger charge is 2.02. The molecule has 0 aliphatic rings. The summed E-state index contributed by atoms with van der Waals surface area (Å²) >= 11 is 1.73. The first-order valence-corrected chi connectivity index (χ1v) is 8.86. The average molecular weight is 483 g/mol. The third-order valence-corrected chi connectivity index (χ3v) is 4.58. The first kappa shape index (κ1) is 20.3. The lowest BCUT2D eigenvalue weighted by molar-refractivity contribution is 0.791. The molecular weight excluding hydrogens is 461 g/mol. The Hall–Kier alpha value is -2.01. The van der Waals surface area contributed by atoms with Gasteiger partial charge in [0.1, 0.15) is 12.7 Å². The number of benzene rings is 1. The Labute approximate surface area is 174 Å². The van der Waals surface area contributed by atoms with Crippen molar-refractivity contribution in [1.29, 1.82) is 0 Å². The molecule has 0 bridgehead atoms. The Morgan fingerprint density at radius 3 is 2.65 bits per heavy atom. The van der Waals surface area contributed by atoms with E-state index in [4.69, 9.17) is 0 Å². The first-order valence-electron chi connectivity index (χ1n) is 8.04. The fourth-order valence-electron chi connectivity index (χ4n) is 2.32. The molecule has 3 rings (SSSR count). The third kappa shape index (κ3) is 5.77. The molecule has 0 saturated heterocycles. The van der Waals surface area contributed by atoms with Gasteiger partial charge in [-0.05, 0) is 24.6 Å². The number of nitrogens with zero attached hydrogens (tertiary/aromatic N) is 5. The van der Waals surface area contributed by atoms with Gasteiger partial charge in [0.15, 0.2) is 5.96 Å². The Morgan fingerprint density at radius 2 is 2.04 bits per heavy atom. The number of rotatable bonds is 6. The van der Waals surface area contributed by atoms with E-state index in [1.807, 2.05) is 18.3 Å². The van der Waals surface area contributed by atoms with Gasteiger partial charge in [-0.15, -0.1) is 35.3 Å². The summed E-state index contributed by atoms with van der Waals surface area (Å²) in [7, 11) is 1.77. The summed E-state index contributed by atoms with van der Waals surface area (Å²) in [6.45, 7) is 3.58. The molecule has 0 spiro atoms. The Kier molecular flexibility index (Phi) is 7.98. The molecule has 0 aliphatic heterocycles. The second-order valence-electron chi connectivity index (χ2n) is 5.47. The van der Waals surface area contributed by atoms with Gasteiger partial charge >= 0.3 is 0 Å². The van der Waals surface area contributed by atoms with E-state index in [0.29, 0.717) is 6.54 Å². The van der Waals surface area contributed by atoms with Crippen LogP contribution in [-0.2, 0) is 13.0 Å².